The number of carbonyl (C=O) groups excluding carboxylic acids is 2. The quantitative estimate of drug-likeness (QED) is 0.879. The summed E-state index contributed by atoms with van der Waals surface area (Å²) >= 11 is 0. The van der Waals surface area contributed by atoms with Gasteiger partial charge in [-0.25, -0.2) is 0 Å². The molecule has 2 N–H and O–H groups in total. The highest BCUT2D eigenvalue weighted by atomic mass is 19.4. The summed E-state index contributed by atoms with van der Waals surface area (Å²) in [5, 5.41) is 5.38. The van der Waals surface area contributed by atoms with Gasteiger partial charge in [0.2, 0.25) is 5.91 Å². The minimum atomic E-state index is -4.42. The van der Waals surface area contributed by atoms with E-state index in [-0.39, 0.29) is 23.9 Å². The number of benzene rings is 1. The van der Waals surface area contributed by atoms with Gasteiger partial charge in [-0.05, 0) is 37.1 Å². The Kier molecular flexibility index (Phi) is 4.50. The molecule has 1 atom stereocenters. The fraction of sp³-hybridized carbons (Fsp3) is 0.429. The zero-order valence-electron chi connectivity index (χ0n) is 11.2. The number of nitrogens with one attached hydrogen (secondary N) is 2. The van der Waals surface area contributed by atoms with E-state index in [1.807, 2.05) is 0 Å². The Bertz CT molecular complexity index is 526. The van der Waals surface area contributed by atoms with Crippen LogP contribution in [0.4, 0.5) is 13.2 Å². The molecule has 1 aliphatic heterocycles. The normalized spacial score (nSPS) is 19.6. The van der Waals surface area contributed by atoms with E-state index in [1.54, 1.807) is 0 Å². The van der Waals surface area contributed by atoms with Gasteiger partial charge in [0.05, 0.1) is 5.56 Å². The number of halogens is 3. The van der Waals surface area contributed by atoms with Crippen LogP contribution in [0.15, 0.2) is 24.3 Å². The fourth-order valence-electron chi connectivity index (χ4n) is 2.18. The van der Waals surface area contributed by atoms with Crippen LogP contribution in [0.25, 0.3) is 0 Å². The van der Waals surface area contributed by atoms with E-state index in [2.05, 4.69) is 10.6 Å². The van der Waals surface area contributed by atoms with Crippen LogP contribution in [-0.4, -0.2) is 24.4 Å². The third-order valence-corrected chi connectivity index (χ3v) is 3.29. The number of hydrogen-bond acceptors (Lipinski definition) is 2. The van der Waals surface area contributed by atoms with Crippen LogP contribution in [0.2, 0.25) is 0 Å². The fourth-order valence-corrected chi connectivity index (χ4v) is 2.18. The van der Waals surface area contributed by atoms with Gasteiger partial charge in [-0.1, -0.05) is 0 Å². The van der Waals surface area contributed by atoms with Crippen LogP contribution in [0.5, 0.6) is 0 Å². The lowest BCUT2D eigenvalue weighted by Gasteiger charge is -2.15. The monoisotopic (exact) mass is 300 g/mol. The molecule has 0 aliphatic carbocycles. The third-order valence-electron chi connectivity index (χ3n) is 3.29. The summed E-state index contributed by atoms with van der Waals surface area (Å²) in [5.41, 5.74) is -0.652. The second kappa shape index (κ2) is 6.15. The number of hydrogen-bond donors (Lipinski definition) is 2. The number of alkyl halides is 3. The maximum absolute atomic E-state index is 12.4. The Balaban J connectivity index is 2.01. The van der Waals surface area contributed by atoms with Gasteiger partial charge in [0, 0.05) is 24.6 Å². The van der Waals surface area contributed by atoms with E-state index in [1.165, 1.54) is 0 Å². The lowest BCUT2D eigenvalue weighted by molar-refractivity contribution is -0.137. The molecule has 0 radical (unpaired) electrons. The molecule has 0 spiro atoms. The molecule has 0 unspecified atom stereocenters. The van der Waals surface area contributed by atoms with Crippen molar-refractivity contribution in [2.45, 2.75) is 31.5 Å². The first-order valence-electron chi connectivity index (χ1n) is 6.61. The Morgan fingerprint density at radius 2 is 1.90 bits per heavy atom. The molecule has 0 saturated carbocycles. The largest absolute Gasteiger partial charge is 0.416 e. The highest BCUT2D eigenvalue weighted by molar-refractivity contribution is 5.94. The van der Waals surface area contributed by atoms with Crippen molar-refractivity contribution in [3.63, 3.8) is 0 Å². The van der Waals surface area contributed by atoms with Crippen LogP contribution < -0.4 is 10.6 Å². The topological polar surface area (TPSA) is 58.2 Å². The first-order chi connectivity index (χ1) is 9.86. The molecule has 2 rings (SSSR count). The highest BCUT2D eigenvalue weighted by Gasteiger charge is 2.30. The van der Waals surface area contributed by atoms with E-state index >= 15 is 0 Å². The summed E-state index contributed by atoms with van der Waals surface area (Å²) in [6, 6.07) is 3.72. The predicted molar refractivity (Wildman–Crippen MR) is 69.6 cm³/mol. The zero-order chi connectivity index (χ0) is 15.5. The van der Waals surface area contributed by atoms with Crippen molar-refractivity contribution in [1.82, 2.24) is 10.6 Å². The molecule has 0 aromatic heterocycles. The van der Waals surface area contributed by atoms with Crippen LogP contribution >= 0.6 is 0 Å². The molecular formula is C14H15F3N2O2. The van der Waals surface area contributed by atoms with Gasteiger partial charge in [-0.2, -0.15) is 13.2 Å². The van der Waals surface area contributed by atoms with Gasteiger partial charge in [0.15, 0.2) is 0 Å². The molecular weight excluding hydrogens is 285 g/mol. The van der Waals surface area contributed by atoms with Crippen LogP contribution in [0, 0.1) is 0 Å². The Morgan fingerprint density at radius 3 is 2.52 bits per heavy atom. The molecule has 1 aromatic carbocycles. The summed E-state index contributed by atoms with van der Waals surface area (Å²) in [4.78, 5) is 23.3. The minimum absolute atomic E-state index is 0.134. The SMILES string of the molecule is O=C1C[C@@H](NC(=O)c2ccc(C(F)(F)F)cc2)CCCN1. The van der Waals surface area contributed by atoms with Crippen molar-refractivity contribution in [2.75, 3.05) is 6.54 Å². The lowest BCUT2D eigenvalue weighted by atomic mass is 10.1. The summed E-state index contributed by atoms with van der Waals surface area (Å²) in [5.74, 6) is -0.603. The molecule has 7 heteroatoms. The minimum Gasteiger partial charge on any atom is -0.356 e. The number of rotatable bonds is 2. The Labute approximate surface area is 119 Å². The summed E-state index contributed by atoms with van der Waals surface area (Å²) < 4.78 is 37.3. The molecule has 0 bridgehead atoms. The molecule has 1 aliphatic rings. The maximum Gasteiger partial charge on any atom is 0.416 e. The van der Waals surface area contributed by atoms with Gasteiger partial charge in [0.25, 0.3) is 5.91 Å². The van der Waals surface area contributed by atoms with Gasteiger partial charge < -0.3 is 10.6 Å². The first-order valence-corrected chi connectivity index (χ1v) is 6.61. The van der Waals surface area contributed by atoms with E-state index in [4.69, 9.17) is 0 Å². The van der Waals surface area contributed by atoms with Crippen molar-refractivity contribution in [1.29, 1.82) is 0 Å². The van der Waals surface area contributed by atoms with Crippen LogP contribution in [-0.2, 0) is 11.0 Å². The zero-order valence-corrected chi connectivity index (χ0v) is 11.2. The molecule has 1 fully saturated rings. The van der Waals surface area contributed by atoms with Crippen molar-refractivity contribution >= 4 is 11.8 Å². The molecule has 1 saturated heterocycles. The summed E-state index contributed by atoms with van der Waals surface area (Å²) in [6.07, 6.45) is -2.82. The van der Waals surface area contributed by atoms with Gasteiger partial charge in [-0.3, -0.25) is 9.59 Å². The van der Waals surface area contributed by atoms with Crippen molar-refractivity contribution in [2.24, 2.45) is 0 Å². The predicted octanol–water partition coefficient (Wildman–Crippen LogP) is 2.10. The van der Waals surface area contributed by atoms with Crippen molar-refractivity contribution in [3.05, 3.63) is 35.4 Å². The van der Waals surface area contributed by atoms with E-state index in [9.17, 15) is 22.8 Å². The molecule has 2 amide bonds. The molecule has 1 heterocycles. The van der Waals surface area contributed by atoms with E-state index < -0.39 is 17.6 Å². The smallest absolute Gasteiger partial charge is 0.356 e. The Hall–Kier alpha value is -2.05. The van der Waals surface area contributed by atoms with Crippen LogP contribution in [0.3, 0.4) is 0 Å². The number of amides is 2. The third kappa shape index (κ3) is 4.21. The molecule has 4 nitrogen and oxygen atoms in total. The molecule has 1 aromatic rings. The van der Waals surface area contributed by atoms with Crippen molar-refractivity contribution < 1.29 is 22.8 Å². The number of carbonyl (C=O) groups is 2. The highest BCUT2D eigenvalue weighted by Crippen LogP contribution is 2.29. The van der Waals surface area contributed by atoms with Gasteiger partial charge in [-0.15, -0.1) is 0 Å². The summed E-state index contributed by atoms with van der Waals surface area (Å²) in [7, 11) is 0. The van der Waals surface area contributed by atoms with Gasteiger partial charge in [0.1, 0.15) is 0 Å². The lowest BCUT2D eigenvalue weighted by Crippen LogP contribution is -2.36. The Morgan fingerprint density at radius 1 is 1.24 bits per heavy atom. The van der Waals surface area contributed by atoms with E-state index in [0.717, 1.165) is 30.7 Å². The molecule has 21 heavy (non-hydrogen) atoms. The average molecular weight is 300 g/mol. The van der Waals surface area contributed by atoms with E-state index in [0.29, 0.717) is 13.0 Å². The second-order valence-electron chi connectivity index (χ2n) is 4.94. The summed E-state index contributed by atoms with van der Waals surface area (Å²) in [6.45, 7) is 0.575. The second-order valence-corrected chi connectivity index (χ2v) is 4.94. The first kappa shape index (κ1) is 15.3. The van der Waals surface area contributed by atoms with Gasteiger partial charge >= 0.3 is 6.18 Å². The molecule has 114 valence electrons. The average Bonchev–Trinajstić information content (AvgIpc) is 2.62. The van der Waals surface area contributed by atoms with Crippen molar-refractivity contribution in [3.8, 4) is 0 Å². The maximum atomic E-state index is 12.4. The van der Waals surface area contributed by atoms with Crippen LogP contribution in [0.1, 0.15) is 35.2 Å². The standard InChI is InChI=1S/C14H15F3N2O2/c15-14(16,17)10-5-3-9(4-6-10)13(21)19-11-2-1-7-18-12(20)8-11/h3-6,11H,1-2,7-8H2,(H,18,20)(H,19,21)/t11-/m0/s1.